The van der Waals surface area contributed by atoms with Gasteiger partial charge in [0, 0.05) is 49.4 Å². The molecular formula is C24H23ClF3N9. The van der Waals surface area contributed by atoms with Gasteiger partial charge in [0.2, 0.25) is 11.9 Å². The number of benzene rings is 1. The molecule has 2 saturated heterocycles. The summed E-state index contributed by atoms with van der Waals surface area (Å²) in [6, 6.07) is 8.87. The van der Waals surface area contributed by atoms with Crippen molar-refractivity contribution in [3.63, 3.8) is 0 Å². The van der Waals surface area contributed by atoms with E-state index in [4.69, 9.17) is 16.9 Å². The van der Waals surface area contributed by atoms with Crippen molar-refractivity contribution in [3.8, 4) is 11.8 Å². The van der Waals surface area contributed by atoms with Gasteiger partial charge < -0.3 is 9.80 Å². The van der Waals surface area contributed by atoms with E-state index in [0.29, 0.717) is 34.0 Å². The first kappa shape index (κ1) is 23.9. The highest BCUT2D eigenvalue weighted by molar-refractivity contribution is 6.30. The lowest BCUT2D eigenvalue weighted by atomic mass is 9.73. The van der Waals surface area contributed by atoms with Gasteiger partial charge in [-0.2, -0.15) is 18.4 Å². The Balaban J connectivity index is 1.26. The number of nitrogens with zero attached hydrogens (tertiary/aromatic N) is 9. The van der Waals surface area contributed by atoms with Gasteiger partial charge >= 0.3 is 6.18 Å². The third-order valence-corrected chi connectivity index (χ3v) is 7.84. The first-order valence-corrected chi connectivity index (χ1v) is 12.2. The van der Waals surface area contributed by atoms with Crippen LogP contribution in [0, 0.1) is 16.7 Å². The van der Waals surface area contributed by atoms with Crippen LogP contribution in [0.15, 0.2) is 30.5 Å². The van der Waals surface area contributed by atoms with Crippen molar-refractivity contribution in [2.24, 2.45) is 5.41 Å². The van der Waals surface area contributed by atoms with Gasteiger partial charge in [-0.25, -0.2) is 9.97 Å². The number of rotatable bonds is 3. The highest BCUT2D eigenvalue weighted by Crippen LogP contribution is 2.44. The second kappa shape index (κ2) is 8.03. The van der Waals surface area contributed by atoms with E-state index in [2.05, 4.69) is 25.1 Å². The molecule has 13 heteroatoms. The van der Waals surface area contributed by atoms with E-state index < -0.39 is 11.7 Å². The summed E-state index contributed by atoms with van der Waals surface area (Å²) < 4.78 is 43.7. The van der Waals surface area contributed by atoms with Crippen LogP contribution in [0.2, 0.25) is 5.02 Å². The van der Waals surface area contributed by atoms with Crippen LogP contribution in [-0.4, -0.2) is 67.5 Å². The second-order valence-corrected chi connectivity index (χ2v) is 10.9. The zero-order chi connectivity index (χ0) is 26.2. The van der Waals surface area contributed by atoms with E-state index in [1.807, 2.05) is 21.6 Å². The summed E-state index contributed by atoms with van der Waals surface area (Å²) in [5.41, 5.74) is -0.290. The maximum atomic E-state index is 14.0. The zero-order valence-electron chi connectivity index (χ0n) is 20.2. The van der Waals surface area contributed by atoms with Gasteiger partial charge in [0.25, 0.3) is 0 Å². The number of halogens is 4. The van der Waals surface area contributed by atoms with Gasteiger partial charge in [-0.3, -0.25) is 9.47 Å². The molecule has 1 aromatic carbocycles. The van der Waals surface area contributed by atoms with E-state index in [1.165, 1.54) is 18.7 Å². The molecule has 0 atom stereocenters. The van der Waals surface area contributed by atoms with Crippen molar-refractivity contribution in [2.75, 3.05) is 36.0 Å². The van der Waals surface area contributed by atoms with Gasteiger partial charge in [0.15, 0.2) is 5.82 Å². The summed E-state index contributed by atoms with van der Waals surface area (Å²) >= 11 is 6.25. The molecule has 37 heavy (non-hydrogen) atoms. The molecule has 9 nitrogen and oxygen atoms in total. The Bertz CT molecular complexity index is 1410. The SMILES string of the molecule is CC(C)(N1Cc2cc(Cl)ccc2-n2c(nnc2N2CC3(CN(c4nccc(C#N)n4)C3)C2)C1)C(F)(F)F. The van der Waals surface area contributed by atoms with E-state index in [0.717, 1.165) is 31.9 Å². The van der Waals surface area contributed by atoms with Crippen LogP contribution in [-0.2, 0) is 13.1 Å². The summed E-state index contributed by atoms with van der Waals surface area (Å²) in [5.74, 6) is 1.60. The number of nitriles is 1. The third kappa shape index (κ3) is 3.79. The third-order valence-electron chi connectivity index (χ3n) is 7.60. The monoisotopic (exact) mass is 529 g/mol. The van der Waals surface area contributed by atoms with Crippen molar-refractivity contribution in [1.29, 1.82) is 5.26 Å². The number of hydrogen-bond donors (Lipinski definition) is 0. The summed E-state index contributed by atoms with van der Waals surface area (Å²) in [7, 11) is 0. The quantitative estimate of drug-likeness (QED) is 0.509. The Morgan fingerprint density at radius 1 is 1.03 bits per heavy atom. The molecule has 1 spiro atoms. The molecule has 0 saturated carbocycles. The van der Waals surface area contributed by atoms with Gasteiger partial charge in [0.05, 0.1) is 12.2 Å². The lowest BCUT2D eigenvalue weighted by Crippen LogP contribution is -2.73. The molecule has 5 heterocycles. The summed E-state index contributed by atoms with van der Waals surface area (Å²) in [6.07, 6.45) is -2.85. The van der Waals surface area contributed by atoms with Crippen molar-refractivity contribution in [2.45, 2.75) is 38.7 Å². The number of fused-ring (bicyclic) bond motifs is 3. The minimum atomic E-state index is -4.43. The van der Waals surface area contributed by atoms with Crippen LogP contribution >= 0.6 is 11.6 Å². The first-order valence-electron chi connectivity index (χ1n) is 11.8. The number of anilines is 2. The molecule has 0 aliphatic carbocycles. The smallest absolute Gasteiger partial charge is 0.339 e. The molecule has 0 bridgehead atoms. The van der Waals surface area contributed by atoms with Crippen molar-refractivity contribution in [1.82, 2.24) is 29.6 Å². The molecule has 0 radical (unpaired) electrons. The standard InChI is InChI=1S/C24H23ClF3N9/c1-22(2,24(26,27)28)36-9-15-7-16(25)3-4-18(15)37-19(10-36)32-33-21(37)35-13-23(14-35)11-34(12-23)20-30-6-5-17(8-29)31-20/h3-7H,9-14H2,1-2H3. The fourth-order valence-corrected chi connectivity index (χ4v) is 5.53. The molecule has 2 aromatic heterocycles. The van der Waals surface area contributed by atoms with Gasteiger partial charge in [-0.1, -0.05) is 11.6 Å². The van der Waals surface area contributed by atoms with E-state index in [-0.39, 0.29) is 18.5 Å². The summed E-state index contributed by atoms with van der Waals surface area (Å²) in [4.78, 5) is 14.1. The Morgan fingerprint density at radius 2 is 1.76 bits per heavy atom. The molecule has 192 valence electrons. The maximum absolute atomic E-state index is 14.0. The average Bonchev–Trinajstić information content (AvgIpc) is 3.11. The largest absolute Gasteiger partial charge is 0.406 e. The van der Waals surface area contributed by atoms with Gasteiger partial charge in [-0.05, 0) is 43.7 Å². The molecule has 0 unspecified atom stereocenters. The Labute approximate surface area is 216 Å². The highest BCUT2D eigenvalue weighted by atomic mass is 35.5. The van der Waals surface area contributed by atoms with E-state index in [9.17, 15) is 13.2 Å². The minimum Gasteiger partial charge on any atom is -0.339 e. The fraction of sp³-hybridized carbons (Fsp3) is 0.458. The Morgan fingerprint density at radius 3 is 2.46 bits per heavy atom. The molecule has 3 aliphatic rings. The Hall–Kier alpha value is -3.43. The number of alkyl halides is 3. The topological polar surface area (TPSA) is 90.0 Å². The predicted octanol–water partition coefficient (Wildman–Crippen LogP) is 3.57. The second-order valence-electron chi connectivity index (χ2n) is 10.5. The Kier molecular flexibility index (Phi) is 5.20. The fourth-order valence-electron chi connectivity index (χ4n) is 5.34. The molecule has 2 fully saturated rings. The molecule has 3 aromatic rings. The average molecular weight is 530 g/mol. The normalized spacial score (nSPS) is 18.9. The number of aromatic nitrogens is 5. The first-order chi connectivity index (χ1) is 17.5. The molecule has 3 aliphatic heterocycles. The molecular weight excluding hydrogens is 507 g/mol. The van der Waals surface area contributed by atoms with Crippen molar-refractivity contribution >= 4 is 23.5 Å². The van der Waals surface area contributed by atoms with Gasteiger partial charge in [0.1, 0.15) is 17.3 Å². The number of hydrogen-bond acceptors (Lipinski definition) is 8. The summed E-state index contributed by atoms with van der Waals surface area (Å²) in [6.45, 7) is 5.37. The van der Waals surface area contributed by atoms with Crippen molar-refractivity contribution < 1.29 is 13.2 Å². The van der Waals surface area contributed by atoms with Crippen molar-refractivity contribution in [3.05, 3.63) is 52.6 Å². The molecule has 0 amide bonds. The van der Waals surface area contributed by atoms with Gasteiger partial charge in [-0.15, -0.1) is 10.2 Å². The summed E-state index contributed by atoms with van der Waals surface area (Å²) in [5, 5.41) is 18.3. The zero-order valence-corrected chi connectivity index (χ0v) is 20.9. The lowest BCUT2D eigenvalue weighted by molar-refractivity contribution is -0.224. The molecule has 0 N–H and O–H groups in total. The van der Waals surface area contributed by atoms with E-state index in [1.54, 1.807) is 24.4 Å². The van der Waals surface area contributed by atoms with Crippen LogP contribution < -0.4 is 9.80 Å². The molecule has 6 rings (SSSR count). The van der Waals surface area contributed by atoms with Crippen LogP contribution in [0.1, 0.15) is 30.9 Å². The van der Waals surface area contributed by atoms with Crippen LogP contribution in [0.5, 0.6) is 0 Å². The highest BCUT2D eigenvalue weighted by Gasteiger charge is 2.55. The van der Waals surface area contributed by atoms with Crippen LogP contribution in [0.3, 0.4) is 0 Å². The van der Waals surface area contributed by atoms with E-state index >= 15 is 0 Å². The lowest BCUT2D eigenvalue weighted by Gasteiger charge is -2.60. The predicted molar refractivity (Wildman–Crippen MR) is 129 cm³/mol. The van der Waals surface area contributed by atoms with Crippen LogP contribution in [0.25, 0.3) is 5.69 Å². The minimum absolute atomic E-state index is 0.00879. The van der Waals surface area contributed by atoms with Crippen LogP contribution in [0.4, 0.5) is 25.1 Å². The maximum Gasteiger partial charge on any atom is 0.406 e.